The number of anilines is 1. The predicted molar refractivity (Wildman–Crippen MR) is 115 cm³/mol. The number of esters is 1. The summed E-state index contributed by atoms with van der Waals surface area (Å²) in [6.07, 6.45) is 2.47. The summed E-state index contributed by atoms with van der Waals surface area (Å²) in [7, 11) is -3.32. The Hall–Kier alpha value is -2.19. The van der Waals surface area contributed by atoms with Crippen molar-refractivity contribution in [2.75, 3.05) is 23.2 Å². The summed E-state index contributed by atoms with van der Waals surface area (Å²) in [5, 5.41) is 0. The van der Waals surface area contributed by atoms with E-state index in [9.17, 15) is 18.0 Å². The Morgan fingerprint density at radius 3 is 2.66 bits per heavy atom. The molecule has 1 aliphatic rings. The maximum absolute atomic E-state index is 12.5. The van der Waals surface area contributed by atoms with E-state index < -0.39 is 16.0 Å². The first-order chi connectivity index (χ1) is 13.8. The average molecular weight is 436 g/mol. The summed E-state index contributed by atoms with van der Waals surface area (Å²) in [5.41, 5.74) is 3.00. The highest BCUT2D eigenvalue weighted by atomic mass is 32.2. The molecule has 0 bridgehead atoms. The molecule has 3 rings (SSSR count). The average Bonchev–Trinajstić information content (AvgIpc) is 3.29. The van der Waals surface area contributed by atoms with Gasteiger partial charge in [0.2, 0.25) is 10.0 Å². The number of benzene rings is 1. The van der Waals surface area contributed by atoms with Gasteiger partial charge in [0.05, 0.1) is 11.4 Å². The molecule has 0 radical (unpaired) electrons. The molecule has 1 aromatic heterocycles. The summed E-state index contributed by atoms with van der Waals surface area (Å²) in [6, 6.07) is 6.79. The first kappa shape index (κ1) is 21.5. The number of nitrogens with zero attached hydrogens (tertiary/aromatic N) is 1. The van der Waals surface area contributed by atoms with Crippen LogP contribution in [-0.4, -0.2) is 39.1 Å². The Kier molecular flexibility index (Phi) is 6.43. The van der Waals surface area contributed by atoms with Crippen molar-refractivity contribution < 1.29 is 22.7 Å². The topological polar surface area (TPSA) is 80.8 Å². The van der Waals surface area contributed by atoms with E-state index in [-0.39, 0.29) is 18.1 Å². The van der Waals surface area contributed by atoms with E-state index in [1.54, 1.807) is 25.1 Å². The molecule has 1 aromatic carbocycles. The Bertz CT molecular complexity index is 1040. The van der Waals surface area contributed by atoms with Crippen LogP contribution in [0.4, 0.5) is 5.69 Å². The van der Waals surface area contributed by atoms with Gasteiger partial charge < -0.3 is 4.74 Å². The maximum atomic E-state index is 12.5. The molecule has 29 heavy (non-hydrogen) atoms. The van der Waals surface area contributed by atoms with Crippen LogP contribution in [0.25, 0.3) is 0 Å². The van der Waals surface area contributed by atoms with Gasteiger partial charge in [0, 0.05) is 17.0 Å². The summed E-state index contributed by atoms with van der Waals surface area (Å²) < 4.78 is 30.9. The number of sulfonamides is 1. The zero-order chi connectivity index (χ0) is 21.2. The molecular weight excluding hydrogens is 410 g/mol. The van der Waals surface area contributed by atoms with E-state index in [2.05, 4.69) is 6.92 Å². The van der Waals surface area contributed by atoms with Crippen LogP contribution >= 0.6 is 11.3 Å². The normalized spacial score (nSPS) is 13.4. The molecule has 0 unspecified atom stereocenters. The third kappa shape index (κ3) is 4.53. The highest BCUT2D eigenvalue weighted by Gasteiger charge is 2.28. The second-order valence-electron chi connectivity index (χ2n) is 7.01. The summed E-state index contributed by atoms with van der Waals surface area (Å²) >= 11 is 1.38. The molecule has 6 nitrogen and oxygen atoms in total. The molecular formula is C21H25NO5S2. The lowest BCUT2D eigenvalue weighted by molar-refractivity contribution is 0.0479. The van der Waals surface area contributed by atoms with Crippen LogP contribution in [0.2, 0.25) is 0 Å². The number of fused-ring (bicyclic) bond motifs is 1. The van der Waals surface area contributed by atoms with Gasteiger partial charge in [-0.1, -0.05) is 13.3 Å². The van der Waals surface area contributed by atoms with E-state index in [0.717, 1.165) is 28.8 Å². The fourth-order valence-corrected chi connectivity index (χ4v) is 5.54. The van der Waals surface area contributed by atoms with Crippen molar-refractivity contribution in [2.24, 2.45) is 0 Å². The number of thiophene rings is 1. The SMILES string of the molecule is CCCc1cc(C(=O)OCC(=O)c2ccc3c(c2)CCN3S(=O)(=O)CC)sc1C. The van der Waals surface area contributed by atoms with Gasteiger partial charge in [-0.05, 0) is 62.1 Å². The van der Waals surface area contributed by atoms with Gasteiger partial charge in [-0.25, -0.2) is 13.2 Å². The third-order valence-electron chi connectivity index (χ3n) is 5.03. The first-order valence-electron chi connectivity index (χ1n) is 9.69. The molecule has 2 heterocycles. The van der Waals surface area contributed by atoms with Gasteiger partial charge in [-0.15, -0.1) is 11.3 Å². The molecule has 0 amide bonds. The molecule has 0 saturated heterocycles. The maximum Gasteiger partial charge on any atom is 0.348 e. The van der Waals surface area contributed by atoms with Crippen molar-refractivity contribution >= 4 is 38.8 Å². The number of rotatable bonds is 8. The van der Waals surface area contributed by atoms with E-state index in [1.807, 2.05) is 13.0 Å². The fourth-order valence-electron chi connectivity index (χ4n) is 3.41. The van der Waals surface area contributed by atoms with Gasteiger partial charge in [-0.2, -0.15) is 0 Å². The zero-order valence-electron chi connectivity index (χ0n) is 16.9. The van der Waals surface area contributed by atoms with E-state index in [4.69, 9.17) is 4.74 Å². The number of Topliss-reactive ketones (excluding diaryl/α,β-unsaturated/α-hetero) is 1. The number of ether oxygens (including phenoxy) is 1. The van der Waals surface area contributed by atoms with Gasteiger partial charge >= 0.3 is 5.97 Å². The van der Waals surface area contributed by atoms with Crippen LogP contribution < -0.4 is 4.31 Å². The molecule has 0 aliphatic carbocycles. The van der Waals surface area contributed by atoms with Crippen molar-refractivity contribution in [3.63, 3.8) is 0 Å². The van der Waals surface area contributed by atoms with Crippen LogP contribution in [0.3, 0.4) is 0 Å². The van der Waals surface area contributed by atoms with Crippen LogP contribution in [0.15, 0.2) is 24.3 Å². The minimum Gasteiger partial charge on any atom is -0.453 e. The zero-order valence-corrected chi connectivity index (χ0v) is 18.5. The van der Waals surface area contributed by atoms with E-state index in [1.165, 1.54) is 15.6 Å². The summed E-state index contributed by atoms with van der Waals surface area (Å²) in [4.78, 5) is 26.4. The quantitative estimate of drug-likeness (QED) is 0.466. The second-order valence-corrected chi connectivity index (χ2v) is 10.4. The largest absolute Gasteiger partial charge is 0.453 e. The minimum atomic E-state index is -3.32. The molecule has 0 N–H and O–H groups in total. The third-order valence-corrected chi connectivity index (χ3v) is 7.88. The van der Waals surface area contributed by atoms with E-state index >= 15 is 0 Å². The number of hydrogen-bond acceptors (Lipinski definition) is 6. The monoisotopic (exact) mass is 435 g/mol. The highest BCUT2D eigenvalue weighted by Crippen LogP contribution is 2.31. The second kappa shape index (κ2) is 8.67. The number of ketones is 1. The Morgan fingerprint density at radius 2 is 1.97 bits per heavy atom. The van der Waals surface area contributed by atoms with Gasteiger partial charge in [0.15, 0.2) is 12.4 Å². The van der Waals surface area contributed by atoms with Gasteiger partial charge in [0.25, 0.3) is 0 Å². The highest BCUT2D eigenvalue weighted by molar-refractivity contribution is 7.92. The molecule has 2 aromatic rings. The van der Waals surface area contributed by atoms with Crippen LogP contribution in [0, 0.1) is 6.92 Å². The molecule has 0 atom stereocenters. The first-order valence-corrected chi connectivity index (χ1v) is 12.1. The lowest BCUT2D eigenvalue weighted by atomic mass is 10.1. The van der Waals surface area contributed by atoms with E-state index in [0.29, 0.717) is 29.1 Å². The smallest absolute Gasteiger partial charge is 0.348 e. The summed E-state index contributed by atoms with van der Waals surface area (Å²) in [6.45, 7) is 5.72. The lowest BCUT2D eigenvalue weighted by Crippen LogP contribution is -2.30. The van der Waals surface area contributed by atoms with Crippen LogP contribution in [-0.2, 0) is 27.6 Å². The predicted octanol–water partition coefficient (Wildman–Crippen LogP) is 3.76. The molecule has 1 aliphatic heterocycles. The van der Waals surface area contributed by atoms with Gasteiger partial charge in [-0.3, -0.25) is 9.10 Å². The number of aryl methyl sites for hydroxylation is 2. The van der Waals surface area contributed by atoms with Crippen molar-refractivity contribution in [2.45, 2.75) is 40.0 Å². The Morgan fingerprint density at radius 1 is 1.21 bits per heavy atom. The summed E-state index contributed by atoms with van der Waals surface area (Å²) in [5.74, 6) is -0.763. The minimum absolute atomic E-state index is 0.0330. The van der Waals surface area contributed by atoms with Crippen molar-refractivity contribution in [3.8, 4) is 0 Å². The van der Waals surface area contributed by atoms with Crippen molar-refractivity contribution in [1.82, 2.24) is 0 Å². The number of carbonyl (C=O) groups excluding carboxylic acids is 2. The molecule has 0 spiro atoms. The number of hydrogen-bond donors (Lipinski definition) is 0. The van der Waals surface area contributed by atoms with Gasteiger partial charge in [0.1, 0.15) is 4.88 Å². The molecule has 0 fully saturated rings. The van der Waals surface area contributed by atoms with Crippen LogP contribution in [0.5, 0.6) is 0 Å². The lowest BCUT2D eigenvalue weighted by Gasteiger charge is -2.18. The molecule has 156 valence electrons. The Balaban J connectivity index is 1.66. The standard InChI is InChI=1S/C21H25NO5S2/c1-4-6-15-12-20(28-14(15)3)21(24)27-13-19(23)17-7-8-18-16(11-17)9-10-22(18)29(25,26)5-2/h7-8,11-12H,4-6,9-10,13H2,1-3H3. The fraction of sp³-hybridized carbons (Fsp3) is 0.429. The number of carbonyl (C=O) groups is 2. The van der Waals surface area contributed by atoms with Crippen LogP contribution in [0.1, 0.15) is 56.3 Å². The molecule has 8 heteroatoms. The van der Waals surface area contributed by atoms with Crippen molar-refractivity contribution in [3.05, 3.63) is 50.7 Å². The Labute approximate surface area is 175 Å². The molecule has 0 saturated carbocycles. The van der Waals surface area contributed by atoms with Crippen molar-refractivity contribution in [1.29, 1.82) is 0 Å².